The van der Waals surface area contributed by atoms with E-state index in [1.165, 1.54) is 10.4 Å². The van der Waals surface area contributed by atoms with Gasteiger partial charge in [-0.3, -0.25) is 0 Å². The van der Waals surface area contributed by atoms with Crippen molar-refractivity contribution in [3.05, 3.63) is 84.1 Å². The summed E-state index contributed by atoms with van der Waals surface area (Å²) >= 11 is 0. The van der Waals surface area contributed by atoms with E-state index in [1.54, 1.807) is 11.1 Å². The highest BCUT2D eigenvalue weighted by atomic mass is 16.5. The second kappa shape index (κ2) is 8.84. The summed E-state index contributed by atoms with van der Waals surface area (Å²) in [5.41, 5.74) is 3.91. The van der Waals surface area contributed by atoms with Crippen LogP contribution in [0.2, 0.25) is 0 Å². The molecular weight excluding hydrogens is 364 g/mol. The largest absolute Gasteiger partial charge is 0.374 e. The van der Waals surface area contributed by atoms with E-state index < -0.39 is 0 Å². The van der Waals surface area contributed by atoms with E-state index in [0.717, 1.165) is 17.5 Å². The van der Waals surface area contributed by atoms with Gasteiger partial charge in [-0.1, -0.05) is 77.1 Å². The topological polar surface area (TPSA) is 60.2 Å². The number of hydrogen-bond donors (Lipinski definition) is 0. The molecule has 0 spiro atoms. The number of aryl methyl sites for hydroxylation is 1. The Balaban J connectivity index is 1.42. The first-order valence-corrected chi connectivity index (χ1v) is 9.79. The third kappa shape index (κ3) is 4.60. The van der Waals surface area contributed by atoms with Crippen LogP contribution in [-0.2, 0) is 11.3 Å². The van der Waals surface area contributed by atoms with Gasteiger partial charge in [0.15, 0.2) is 0 Å². The SMILES string of the molecule is Cc1ccc(-c2cnn(C(=O)N3CCC=CC3COCc3ccccc3)n2)cc1. The molecule has 2 heterocycles. The van der Waals surface area contributed by atoms with Crippen LogP contribution in [0.15, 0.2) is 72.9 Å². The van der Waals surface area contributed by atoms with Gasteiger partial charge in [-0.2, -0.15) is 5.10 Å². The molecule has 148 valence electrons. The van der Waals surface area contributed by atoms with E-state index in [2.05, 4.69) is 16.3 Å². The first kappa shape index (κ1) is 19.1. The summed E-state index contributed by atoms with van der Waals surface area (Å²) in [6, 6.07) is 17.7. The van der Waals surface area contributed by atoms with Crippen LogP contribution in [0.1, 0.15) is 17.5 Å². The molecule has 0 aliphatic carbocycles. The number of benzene rings is 2. The first-order valence-electron chi connectivity index (χ1n) is 9.79. The summed E-state index contributed by atoms with van der Waals surface area (Å²) in [6.45, 7) is 3.61. The van der Waals surface area contributed by atoms with Gasteiger partial charge in [-0.05, 0) is 18.9 Å². The van der Waals surface area contributed by atoms with E-state index >= 15 is 0 Å². The maximum absolute atomic E-state index is 13.0. The molecule has 1 atom stereocenters. The van der Waals surface area contributed by atoms with E-state index in [9.17, 15) is 4.79 Å². The Hall–Kier alpha value is -3.25. The lowest BCUT2D eigenvalue weighted by atomic mass is 10.1. The molecule has 0 bridgehead atoms. The van der Waals surface area contributed by atoms with Gasteiger partial charge in [0.25, 0.3) is 0 Å². The number of nitrogens with zero attached hydrogens (tertiary/aromatic N) is 4. The van der Waals surface area contributed by atoms with E-state index in [0.29, 0.717) is 25.5 Å². The molecule has 1 aromatic heterocycles. The Morgan fingerprint density at radius 2 is 1.93 bits per heavy atom. The zero-order chi connectivity index (χ0) is 20.1. The Bertz CT molecular complexity index is 980. The van der Waals surface area contributed by atoms with Crippen LogP contribution in [0.25, 0.3) is 11.3 Å². The molecule has 2 aromatic carbocycles. The molecule has 1 unspecified atom stereocenters. The van der Waals surface area contributed by atoms with Crippen molar-refractivity contribution in [1.82, 2.24) is 19.9 Å². The van der Waals surface area contributed by atoms with E-state index in [-0.39, 0.29) is 12.1 Å². The summed E-state index contributed by atoms with van der Waals surface area (Å²) in [5.74, 6) is 0. The number of hydrogen-bond acceptors (Lipinski definition) is 4. The van der Waals surface area contributed by atoms with Crippen LogP contribution in [0.3, 0.4) is 0 Å². The molecule has 1 amide bonds. The Morgan fingerprint density at radius 1 is 1.14 bits per heavy atom. The molecule has 0 fully saturated rings. The number of aromatic nitrogens is 3. The summed E-state index contributed by atoms with van der Waals surface area (Å²) in [5, 5.41) is 8.60. The highest BCUT2D eigenvalue weighted by molar-refractivity contribution is 5.76. The average molecular weight is 388 g/mol. The minimum Gasteiger partial charge on any atom is -0.374 e. The second-order valence-electron chi connectivity index (χ2n) is 7.15. The molecule has 6 nitrogen and oxygen atoms in total. The third-order valence-electron chi connectivity index (χ3n) is 4.95. The lowest BCUT2D eigenvalue weighted by Crippen LogP contribution is -2.46. The summed E-state index contributed by atoms with van der Waals surface area (Å²) in [6.07, 6.45) is 6.56. The van der Waals surface area contributed by atoms with E-state index in [4.69, 9.17) is 4.74 Å². The normalized spacial score (nSPS) is 16.2. The van der Waals surface area contributed by atoms with Crippen molar-refractivity contribution in [1.29, 1.82) is 0 Å². The van der Waals surface area contributed by atoms with Gasteiger partial charge in [0.1, 0.15) is 5.69 Å². The predicted molar refractivity (Wildman–Crippen MR) is 111 cm³/mol. The van der Waals surface area contributed by atoms with Crippen LogP contribution < -0.4 is 0 Å². The molecule has 29 heavy (non-hydrogen) atoms. The van der Waals surface area contributed by atoms with Crippen LogP contribution >= 0.6 is 0 Å². The Labute approximate surface area is 170 Å². The van der Waals surface area contributed by atoms with Crippen molar-refractivity contribution < 1.29 is 9.53 Å². The van der Waals surface area contributed by atoms with Crippen LogP contribution in [0, 0.1) is 6.92 Å². The molecular formula is C23H24N4O2. The van der Waals surface area contributed by atoms with Gasteiger partial charge >= 0.3 is 6.03 Å². The molecule has 1 aliphatic rings. The number of amides is 1. The molecule has 4 rings (SSSR count). The van der Waals surface area contributed by atoms with Crippen LogP contribution in [0.5, 0.6) is 0 Å². The highest BCUT2D eigenvalue weighted by Crippen LogP contribution is 2.18. The van der Waals surface area contributed by atoms with E-state index in [1.807, 2.05) is 67.6 Å². The summed E-state index contributed by atoms with van der Waals surface area (Å²) < 4.78 is 5.87. The average Bonchev–Trinajstić information content (AvgIpc) is 3.25. The lowest BCUT2D eigenvalue weighted by molar-refractivity contribution is 0.0742. The van der Waals surface area contributed by atoms with Crippen molar-refractivity contribution in [2.45, 2.75) is 26.0 Å². The van der Waals surface area contributed by atoms with Crippen molar-refractivity contribution in [2.24, 2.45) is 0 Å². The van der Waals surface area contributed by atoms with Crippen LogP contribution in [0.4, 0.5) is 4.79 Å². The monoisotopic (exact) mass is 388 g/mol. The predicted octanol–water partition coefficient (Wildman–Crippen LogP) is 4.07. The highest BCUT2D eigenvalue weighted by Gasteiger charge is 2.26. The standard InChI is InChI=1S/C23H24N4O2/c1-18-10-12-20(13-11-18)22-15-24-27(25-22)23(28)26-14-6-5-9-21(26)17-29-16-19-7-3-2-4-8-19/h2-5,7-13,15,21H,6,14,16-17H2,1H3. The van der Waals surface area contributed by atoms with Crippen molar-refractivity contribution in [3.8, 4) is 11.3 Å². The van der Waals surface area contributed by atoms with Crippen LogP contribution in [-0.4, -0.2) is 45.1 Å². The van der Waals surface area contributed by atoms with Gasteiger partial charge in [0.05, 0.1) is 25.5 Å². The quantitative estimate of drug-likeness (QED) is 0.618. The van der Waals surface area contributed by atoms with Gasteiger partial charge in [0, 0.05) is 12.1 Å². The maximum Gasteiger partial charge on any atom is 0.362 e. The Morgan fingerprint density at radius 3 is 2.72 bits per heavy atom. The molecule has 1 aliphatic heterocycles. The number of carbonyl (C=O) groups is 1. The second-order valence-corrected chi connectivity index (χ2v) is 7.15. The zero-order valence-corrected chi connectivity index (χ0v) is 16.4. The van der Waals surface area contributed by atoms with Gasteiger partial charge < -0.3 is 9.64 Å². The minimum absolute atomic E-state index is 0.131. The summed E-state index contributed by atoms with van der Waals surface area (Å²) in [4.78, 5) is 16.0. The Kier molecular flexibility index (Phi) is 5.81. The molecule has 3 aromatic rings. The number of rotatable bonds is 5. The summed E-state index contributed by atoms with van der Waals surface area (Å²) in [7, 11) is 0. The molecule has 0 N–H and O–H groups in total. The fourth-order valence-corrected chi connectivity index (χ4v) is 3.32. The number of ether oxygens (including phenoxy) is 1. The third-order valence-corrected chi connectivity index (χ3v) is 4.95. The zero-order valence-electron chi connectivity index (χ0n) is 16.4. The van der Waals surface area contributed by atoms with Gasteiger partial charge in [-0.25, -0.2) is 4.79 Å². The van der Waals surface area contributed by atoms with Crippen molar-refractivity contribution in [2.75, 3.05) is 13.2 Å². The number of carbonyl (C=O) groups excluding carboxylic acids is 1. The first-order chi connectivity index (χ1) is 14.2. The smallest absolute Gasteiger partial charge is 0.362 e. The van der Waals surface area contributed by atoms with Gasteiger partial charge in [0.2, 0.25) is 0 Å². The molecule has 0 saturated heterocycles. The van der Waals surface area contributed by atoms with Gasteiger partial charge in [-0.15, -0.1) is 5.10 Å². The molecule has 6 heteroatoms. The van der Waals surface area contributed by atoms with Crippen molar-refractivity contribution >= 4 is 6.03 Å². The van der Waals surface area contributed by atoms with Crippen molar-refractivity contribution in [3.63, 3.8) is 0 Å². The maximum atomic E-state index is 13.0. The fourth-order valence-electron chi connectivity index (χ4n) is 3.32. The lowest BCUT2D eigenvalue weighted by Gasteiger charge is -2.31. The fraction of sp³-hybridized carbons (Fsp3) is 0.261. The molecule has 0 radical (unpaired) electrons. The minimum atomic E-state index is -0.235. The molecule has 0 saturated carbocycles.